The lowest BCUT2D eigenvalue weighted by Gasteiger charge is -2.12. The largest absolute Gasteiger partial charge is 0.497 e. The lowest BCUT2D eigenvalue weighted by Crippen LogP contribution is -2.30. The molecule has 4 rings (SSSR count). The maximum absolute atomic E-state index is 13.0. The van der Waals surface area contributed by atoms with Gasteiger partial charge in [0.25, 0.3) is 11.8 Å². The minimum atomic E-state index is -0.499. The maximum atomic E-state index is 13.0. The Morgan fingerprint density at radius 3 is 2.23 bits per heavy atom. The number of methoxy groups -OCH3 is 1. The van der Waals surface area contributed by atoms with Crippen LogP contribution in [0.3, 0.4) is 0 Å². The highest BCUT2D eigenvalue weighted by atomic mass is 16.5. The fourth-order valence-electron chi connectivity index (χ4n) is 3.18. The molecule has 0 saturated carbocycles. The number of rotatable bonds is 9. The van der Waals surface area contributed by atoms with Crippen LogP contribution < -0.4 is 20.1 Å². The van der Waals surface area contributed by atoms with Crippen LogP contribution in [-0.4, -0.2) is 18.9 Å². The van der Waals surface area contributed by atoms with Gasteiger partial charge in [0.05, 0.1) is 13.4 Å². The maximum Gasteiger partial charge on any atom is 0.272 e. The molecule has 0 aliphatic rings. The van der Waals surface area contributed by atoms with Crippen molar-refractivity contribution in [2.45, 2.75) is 6.61 Å². The van der Waals surface area contributed by atoms with Crippen LogP contribution in [0.4, 0.5) is 5.69 Å². The van der Waals surface area contributed by atoms with Gasteiger partial charge in [-0.05, 0) is 66.2 Å². The SMILES string of the molecule is COc1ccc(C(=O)N/C(=C\c2ccco2)C(=O)Nc2ccc(OCc3ccccc3)cc2)cc1. The molecule has 7 nitrogen and oxygen atoms in total. The minimum absolute atomic E-state index is 0.0326. The summed E-state index contributed by atoms with van der Waals surface area (Å²) in [6, 6.07) is 26.8. The van der Waals surface area contributed by atoms with Crippen molar-refractivity contribution < 1.29 is 23.5 Å². The molecule has 0 bridgehead atoms. The van der Waals surface area contributed by atoms with Crippen LogP contribution in [0.25, 0.3) is 6.08 Å². The Bertz CT molecular complexity index is 1280. The van der Waals surface area contributed by atoms with Gasteiger partial charge in [0, 0.05) is 17.3 Å². The van der Waals surface area contributed by atoms with Crippen LogP contribution >= 0.6 is 0 Å². The Morgan fingerprint density at radius 1 is 0.857 bits per heavy atom. The van der Waals surface area contributed by atoms with Crippen LogP contribution in [0.15, 0.2) is 107 Å². The molecule has 0 spiro atoms. The summed E-state index contributed by atoms with van der Waals surface area (Å²) in [6.07, 6.45) is 2.95. The number of hydrogen-bond donors (Lipinski definition) is 2. The lowest BCUT2D eigenvalue weighted by atomic mass is 10.2. The average molecular weight is 469 g/mol. The van der Waals surface area contributed by atoms with Crippen LogP contribution in [0, 0.1) is 0 Å². The molecule has 0 fully saturated rings. The van der Waals surface area contributed by atoms with E-state index in [0.717, 1.165) is 5.56 Å². The third-order valence-electron chi connectivity index (χ3n) is 5.04. The van der Waals surface area contributed by atoms with Crippen molar-refractivity contribution in [1.82, 2.24) is 5.32 Å². The number of carbonyl (C=O) groups excluding carboxylic acids is 2. The Morgan fingerprint density at radius 2 is 1.57 bits per heavy atom. The second-order valence-corrected chi connectivity index (χ2v) is 7.51. The van der Waals surface area contributed by atoms with E-state index >= 15 is 0 Å². The number of amides is 2. The molecule has 0 atom stereocenters. The van der Waals surface area contributed by atoms with Gasteiger partial charge < -0.3 is 24.5 Å². The van der Waals surface area contributed by atoms with Crippen molar-refractivity contribution in [3.63, 3.8) is 0 Å². The van der Waals surface area contributed by atoms with E-state index in [0.29, 0.717) is 35.1 Å². The van der Waals surface area contributed by atoms with Crippen molar-refractivity contribution in [1.29, 1.82) is 0 Å². The zero-order chi connectivity index (χ0) is 24.5. The third kappa shape index (κ3) is 6.61. The van der Waals surface area contributed by atoms with Gasteiger partial charge in [0.15, 0.2) is 0 Å². The van der Waals surface area contributed by atoms with Crippen molar-refractivity contribution in [2.24, 2.45) is 0 Å². The zero-order valence-corrected chi connectivity index (χ0v) is 19.1. The summed E-state index contributed by atoms with van der Waals surface area (Å²) < 4.78 is 16.2. The molecule has 3 aromatic carbocycles. The zero-order valence-electron chi connectivity index (χ0n) is 19.1. The fraction of sp³-hybridized carbons (Fsp3) is 0.0714. The van der Waals surface area contributed by atoms with Crippen molar-refractivity contribution in [3.8, 4) is 11.5 Å². The predicted molar refractivity (Wildman–Crippen MR) is 133 cm³/mol. The molecule has 1 aromatic heterocycles. The van der Waals surface area contributed by atoms with Gasteiger partial charge in [-0.25, -0.2) is 0 Å². The van der Waals surface area contributed by atoms with Crippen LogP contribution in [0.2, 0.25) is 0 Å². The van der Waals surface area contributed by atoms with Crippen molar-refractivity contribution >= 4 is 23.6 Å². The van der Waals surface area contributed by atoms with Crippen LogP contribution in [0.5, 0.6) is 11.5 Å². The first-order chi connectivity index (χ1) is 17.1. The second-order valence-electron chi connectivity index (χ2n) is 7.51. The number of carbonyl (C=O) groups is 2. The second kappa shape index (κ2) is 11.4. The van der Waals surface area contributed by atoms with E-state index in [1.807, 2.05) is 30.3 Å². The lowest BCUT2D eigenvalue weighted by molar-refractivity contribution is -0.113. The first kappa shape index (κ1) is 23.4. The number of ether oxygens (including phenoxy) is 2. The summed E-state index contributed by atoms with van der Waals surface area (Å²) >= 11 is 0. The van der Waals surface area contributed by atoms with E-state index in [1.54, 1.807) is 67.8 Å². The minimum Gasteiger partial charge on any atom is -0.497 e. The molecule has 0 saturated heterocycles. The highest BCUT2D eigenvalue weighted by Gasteiger charge is 2.16. The van der Waals surface area contributed by atoms with Crippen molar-refractivity contribution in [3.05, 3.63) is 120 Å². The molecule has 0 aliphatic carbocycles. The van der Waals surface area contributed by atoms with Gasteiger partial charge in [0.1, 0.15) is 29.6 Å². The highest BCUT2D eigenvalue weighted by Crippen LogP contribution is 2.18. The summed E-state index contributed by atoms with van der Waals surface area (Å²) in [7, 11) is 1.55. The van der Waals surface area contributed by atoms with E-state index in [2.05, 4.69) is 10.6 Å². The third-order valence-corrected chi connectivity index (χ3v) is 5.04. The number of benzene rings is 3. The molecular formula is C28H24N2O5. The quantitative estimate of drug-likeness (QED) is 0.326. The molecule has 4 aromatic rings. The topological polar surface area (TPSA) is 89.8 Å². The van der Waals surface area contributed by atoms with E-state index in [4.69, 9.17) is 13.9 Å². The van der Waals surface area contributed by atoms with E-state index < -0.39 is 11.8 Å². The summed E-state index contributed by atoms with van der Waals surface area (Å²) in [5.41, 5.74) is 2.02. The smallest absolute Gasteiger partial charge is 0.272 e. The molecule has 2 N–H and O–H groups in total. The number of furan rings is 1. The average Bonchev–Trinajstić information content (AvgIpc) is 3.42. The molecule has 7 heteroatoms. The molecule has 0 radical (unpaired) electrons. The number of nitrogens with one attached hydrogen (secondary N) is 2. The predicted octanol–water partition coefficient (Wildman–Crippen LogP) is 5.28. The van der Waals surface area contributed by atoms with Gasteiger partial charge >= 0.3 is 0 Å². The first-order valence-corrected chi connectivity index (χ1v) is 10.9. The molecule has 35 heavy (non-hydrogen) atoms. The van der Waals surface area contributed by atoms with Crippen LogP contribution in [0.1, 0.15) is 21.7 Å². The van der Waals surface area contributed by atoms with Gasteiger partial charge in [-0.2, -0.15) is 0 Å². The number of hydrogen-bond acceptors (Lipinski definition) is 5. The highest BCUT2D eigenvalue weighted by molar-refractivity contribution is 6.10. The Hall–Kier alpha value is -4.78. The Kier molecular flexibility index (Phi) is 7.60. The summed E-state index contributed by atoms with van der Waals surface area (Å²) in [6.45, 7) is 0.444. The number of anilines is 1. The Balaban J connectivity index is 1.43. The summed E-state index contributed by atoms with van der Waals surface area (Å²) in [5.74, 6) is 0.786. The van der Waals surface area contributed by atoms with Gasteiger partial charge in [-0.15, -0.1) is 0 Å². The molecule has 1 heterocycles. The molecule has 0 unspecified atom stereocenters. The molecule has 2 amide bonds. The van der Waals surface area contributed by atoms with Crippen molar-refractivity contribution in [2.75, 3.05) is 12.4 Å². The monoisotopic (exact) mass is 468 g/mol. The fourth-order valence-corrected chi connectivity index (χ4v) is 3.18. The van der Waals surface area contributed by atoms with E-state index in [9.17, 15) is 9.59 Å². The van der Waals surface area contributed by atoms with Gasteiger partial charge in [-0.3, -0.25) is 9.59 Å². The molecule has 176 valence electrons. The van der Waals surface area contributed by atoms with E-state index in [-0.39, 0.29) is 5.70 Å². The molecular weight excluding hydrogens is 444 g/mol. The standard InChI is InChI=1S/C28H24N2O5/c1-33-23-13-9-21(10-14-23)27(31)30-26(18-25-8-5-17-34-25)28(32)29-22-11-15-24(16-12-22)35-19-20-6-3-2-4-7-20/h2-18H,19H2,1H3,(H,29,32)(H,30,31)/b26-18-. The van der Waals surface area contributed by atoms with Gasteiger partial charge in [-0.1, -0.05) is 30.3 Å². The van der Waals surface area contributed by atoms with E-state index in [1.165, 1.54) is 12.3 Å². The Labute approximate surface area is 203 Å². The van der Waals surface area contributed by atoms with Crippen LogP contribution in [-0.2, 0) is 11.4 Å². The molecule has 0 aliphatic heterocycles. The normalized spacial score (nSPS) is 10.9. The first-order valence-electron chi connectivity index (χ1n) is 10.9. The van der Waals surface area contributed by atoms with Gasteiger partial charge in [0.2, 0.25) is 0 Å². The summed E-state index contributed by atoms with van der Waals surface area (Å²) in [5, 5.41) is 5.45. The summed E-state index contributed by atoms with van der Waals surface area (Å²) in [4.78, 5) is 25.8.